The molecule has 0 aromatic carbocycles. The third-order valence-electron chi connectivity index (χ3n) is 3.86. The smallest absolute Gasteiger partial charge is 0.323 e. The first-order valence-corrected chi connectivity index (χ1v) is 7.22. The molecule has 0 aliphatic carbocycles. The number of hydrogen-bond donors (Lipinski definition) is 2. The van der Waals surface area contributed by atoms with Crippen molar-refractivity contribution in [3.05, 3.63) is 5.82 Å². The molecule has 1 aliphatic heterocycles. The Hall–Kier alpha value is -1.70. The van der Waals surface area contributed by atoms with E-state index in [2.05, 4.69) is 14.7 Å². The molecule has 1 atom stereocenters. The van der Waals surface area contributed by atoms with Gasteiger partial charge in [0, 0.05) is 24.6 Å². The third kappa shape index (κ3) is 2.60. The van der Waals surface area contributed by atoms with E-state index in [-0.39, 0.29) is 18.5 Å². The number of carbonyl (C=O) groups excluding carboxylic acids is 1. The van der Waals surface area contributed by atoms with E-state index in [1.807, 2.05) is 13.8 Å². The van der Waals surface area contributed by atoms with Crippen molar-refractivity contribution >= 4 is 28.7 Å². The van der Waals surface area contributed by atoms with Crippen molar-refractivity contribution in [2.75, 3.05) is 18.4 Å². The number of amides is 2. The van der Waals surface area contributed by atoms with Gasteiger partial charge in [-0.15, -0.1) is 0 Å². The Morgan fingerprint density at radius 1 is 1.50 bits per heavy atom. The highest BCUT2D eigenvalue weighted by molar-refractivity contribution is 7.09. The zero-order valence-corrected chi connectivity index (χ0v) is 12.5. The number of carboxylic acids is 1. The van der Waals surface area contributed by atoms with Gasteiger partial charge in [0.1, 0.15) is 5.82 Å². The molecule has 1 aliphatic rings. The van der Waals surface area contributed by atoms with Gasteiger partial charge >= 0.3 is 12.0 Å². The molecule has 1 aromatic heterocycles. The van der Waals surface area contributed by atoms with Crippen LogP contribution in [0.1, 0.15) is 26.1 Å². The number of aromatic nitrogens is 2. The van der Waals surface area contributed by atoms with E-state index in [0.717, 1.165) is 11.5 Å². The summed E-state index contributed by atoms with van der Waals surface area (Å²) in [5.74, 6) is -0.259. The fraction of sp³-hybridized carbons (Fsp3) is 0.667. The summed E-state index contributed by atoms with van der Waals surface area (Å²) in [6.07, 6.45) is 0.475. The molecule has 0 radical (unpaired) electrons. The molecule has 1 fully saturated rings. The van der Waals surface area contributed by atoms with Crippen molar-refractivity contribution in [2.45, 2.75) is 27.2 Å². The van der Waals surface area contributed by atoms with Crippen molar-refractivity contribution in [3.8, 4) is 0 Å². The minimum Gasteiger partial charge on any atom is -0.481 e. The van der Waals surface area contributed by atoms with Crippen LogP contribution in [0.4, 0.5) is 9.93 Å². The fourth-order valence-corrected chi connectivity index (χ4v) is 2.98. The van der Waals surface area contributed by atoms with Gasteiger partial charge in [-0.05, 0) is 19.3 Å². The lowest BCUT2D eigenvalue weighted by molar-refractivity contribution is -0.150. The average molecular weight is 298 g/mol. The van der Waals surface area contributed by atoms with Gasteiger partial charge in [0.25, 0.3) is 0 Å². The van der Waals surface area contributed by atoms with Crippen LogP contribution in [-0.2, 0) is 4.79 Å². The van der Waals surface area contributed by atoms with Crippen molar-refractivity contribution in [3.63, 3.8) is 0 Å². The molecule has 2 heterocycles. The van der Waals surface area contributed by atoms with Crippen molar-refractivity contribution < 1.29 is 14.7 Å². The molecule has 0 spiro atoms. The van der Waals surface area contributed by atoms with E-state index in [1.165, 1.54) is 4.90 Å². The van der Waals surface area contributed by atoms with E-state index < -0.39 is 11.4 Å². The van der Waals surface area contributed by atoms with Crippen LogP contribution in [0.5, 0.6) is 0 Å². The molecule has 7 nitrogen and oxygen atoms in total. The van der Waals surface area contributed by atoms with Gasteiger partial charge in [0.15, 0.2) is 0 Å². The molecule has 1 unspecified atom stereocenters. The number of carbonyl (C=O) groups is 2. The van der Waals surface area contributed by atoms with Crippen LogP contribution in [0.3, 0.4) is 0 Å². The fourth-order valence-electron chi connectivity index (χ4n) is 2.42. The van der Waals surface area contributed by atoms with Crippen molar-refractivity contribution in [1.29, 1.82) is 0 Å². The van der Waals surface area contributed by atoms with Crippen molar-refractivity contribution in [2.24, 2.45) is 11.3 Å². The first kappa shape index (κ1) is 14.7. The predicted octanol–water partition coefficient (Wildman–Crippen LogP) is 1.81. The summed E-state index contributed by atoms with van der Waals surface area (Å²) in [7, 11) is 0. The van der Waals surface area contributed by atoms with Gasteiger partial charge < -0.3 is 10.0 Å². The Balaban J connectivity index is 2.05. The van der Waals surface area contributed by atoms with Gasteiger partial charge in [0.05, 0.1) is 5.41 Å². The SMILES string of the molecule is Cc1nsc(NC(=O)N2CCC(C(=O)O)(C(C)C)C2)n1. The quantitative estimate of drug-likeness (QED) is 0.887. The molecule has 2 rings (SSSR count). The molecule has 0 bridgehead atoms. The molecule has 20 heavy (non-hydrogen) atoms. The Labute approximate surface area is 121 Å². The van der Waals surface area contributed by atoms with Gasteiger partial charge in [-0.2, -0.15) is 4.37 Å². The summed E-state index contributed by atoms with van der Waals surface area (Å²) in [6, 6.07) is -0.315. The molecular formula is C12H18N4O3S. The van der Waals surface area contributed by atoms with Crippen LogP contribution in [0.25, 0.3) is 0 Å². The zero-order chi connectivity index (χ0) is 14.9. The summed E-state index contributed by atoms with van der Waals surface area (Å²) in [6.45, 7) is 6.17. The van der Waals surface area contributed by atoms with Gasteiger partial charge in [-0.1, -0.05) is 13.8 Å². The normalized spacial score (nSPS) is 22.3. The molecular weight excluding hydrogens is 280 g/mol. The number of carboxylic acid groups (broad SMARTS) is 1. The number of urea groups is 1. The number of rotatable bonds is 3. The summed E-state index contributed by atoms with van der Waals surface area (Å²) < 4.78 is 3.98. The zero-order valence-electron chi connectivity index (χ0n) is 11.7. The molecule has 0 saturated carbocycles. The van der Waals surface area contributed by atoms with E-state index >= 15 is 0 Å². The van der Waals surface area contributed by atoms with Crippen molar-refractivity contribution in [1.82, 2.24) is 14.3 Å². The van der Waals surface area contributed by atoms with Crippen LogP contribution < -0.4 is 5.32 Å². The lowest BCUT2D eigenvalue weighted by Gasteiger charge is -2.28. The number of anilines is 1. The summed E-state index contributed by atoms with van der Waals surface area (Å²) in [5.41, 5.74) is -0.853. The summed E-state index contributed by atoms with van der Waals surface area (Å²) in [4.78, 5) is 29.2. The van der Waals surface area contributed by atoms with E-state index in [0.29, 0.717) is 23.9 Å². The van der Waals surface area contributed by atoms with Crippen LogP contribution in [0.2, 0.25) is 0 Å². The van der Waals surface area contributed by atoms with Crippen LogP contribution >= 0.6 is 11.5 Å². The minimum atomic E-state index is -0.853. The Bertz CT molecular complexity index is 531. The topological polar surface area (TPSA) is 95.4 Å². The standard InChI is InChI=1S/C12H18N4O3S/c1-7(2)12(9(17)18)4-5-16(6-12)11(19)14-10-13-8(3)15-20-10/h7H,4-6H2,1-3H3,(H,17,18)(H,13,14,15,19). The first-order valence-electron chi connectivity index (χ1n) is 6.45. The van der Waals surface area contributed by atoms with E-state index in [9.17, 15) is 14.7 Å². The number of nitrogens with zero attached hydrogens (tertiary/aromatic N) is 3. The minimum absolute atomic E-state index is 0.0263. The second kappa shape index (κ2) is 5.35. The van der Waals surface area contributed by atoms with Crippen LogP contribution in [0.15, 0.2) is 0 Å². The number of nitrogens with one attached hydrogen (secondary N) is 1. The van der Waals surface area contributed by atoms with Crippen LogP contribution in [0, 0.1) is 18.3 Å². The summed E-state index contributed by atoms with van der Waals surface area (Å²) >= 11 is 1.11. The second-order valence-corrected chi connectivity index (χ2v) is 6.12. The average Bonchev–Trinajstić information content (AvgIpc) is 2.96. The molecule has 2 N–H and O–H groups in total. The number of aryl methyl sites for hydroxylation is 1. The lowest BCUT2D eigenvalue weighted by Crippen LogP contribution is -2.41. The maximum Gasteiger partial charge on any atom is 0.323 e. The Morgan fingerprint density at radius 3 is 2.65 bits per heavy atom. The lowest BCUT2D eigenvalue weighted by atomic mass is 9.76. The van der Waals surface area contributed by atoms with Crippen LogP contribution in [-0.4, -0.2) is 44.5 Å². The van der Waals surface area contributed by atoms with E-state index in [4.69, 9.17) is 0 Å². The monoisotopic (exact) mass is 298 g/mol. The Kier molecular flexibility index (Phi) is 3.94. The maximum absolute atomic E-state index is 12.1. The summed E-state index contributed by atoms with van der Waals surface area (Å²) in [5, 5.41) is 12.5. The van der Waals surface area contributed by atoms with E-state index in [1.54, 1.807) is 6.92 Å². The highest BCUT2D eigenvalue weighted by atomic mass is 32.1. The highest BCUT2D eigenvalue weighted by Gasteiger charge is 2.48. The Morgan fingerprint density at radius 2 is 2.20 bits per heavy atom. The number of aliphatic carboxylic acids is 1. The molecule has 1 saturated heterocycles. The molecule has 110 valence electrons. The first-order chi connectivity index (χ1) is 9.35. The van der Waals surface area contributed by atoms with Gasteiger partial charge in [-0.25, -0.2) is 9.78 Å². The van der Waals surface area contributed by atoms with Gasteiger partial charge in [-0.3, -0.25) is 10.1 Å². The highest BCUT2D eigenvalue weighted by Crippen LogP contribution is 2.38. The third-order valence-corrected chi connectivity index (χ3v) is 4.58. The number of hydrogen-bond acceptors (Lipinski definition) is 5. The maximum atomic E-state index is 12.1. The molecule has 1 aromatic rings. The molecule has 8 heteroatoms. The van der Waals surface area contributed by atoms with Gasteiger partial charge in [0.2, 0.25) is 5.13 Å². The molecule has 2 amide bonds. The predicted molar refractivity (Wildman–Crippen MR) is 74.8 cm³/mol. The number of likely N-dealkylation sites (tertiary alicyclic amines) is 1. The second-order valence-electron chi connectivity index (χ2n) is 5.36. The largest absolute Gasteiger partial charge is 0.481 e.